The van der Waals surface area contributed by atoms with Gasteiger partial charge in [-0.1, -0.05) is 13.8 Å². The molecule has 0 aliphatic carbocycles. The molecule has 3 heterocycles. The Bertz CT molecular complexity index is 1450. The number of nitrogens with zero attached hydrogens (tertiary/aromatic N) is 2. The van der Waals surface area contributed by atoms with E-state index in [0.717, 1.165) is 22.0 Å². The summed E-state index contributed by atoms with van der Waals surface area (Å²) >= 11 is 0. The van der Waals surface area contributed by atoms with Crippen molar-refractivity contribution in [1.82, 2.24) is 14.9 Å². The third-order valence-electron chi connectivity index (χ3n) is 6.91. The fourth-order valence-corrected chi connectivity index (χ4v) is 4.95. The summed E-state index contributed by atoms with van der Waals surface area (Å²) < 4.78 is 12.1. The molecule has 1 aromatic carbocycles. The Morgan fingerprint density at radius 1 is 1.24 bits per heavy atom. The summed E-state index contributed by atoms with van der Waals surface area (Å²) in [6, 6.07) is 7.25. The van der Waals surface area contributed by atoms with Crippen LogP contribution in [-0.4, -0.2) is 46.7 Å². The van der Waals surface area contributed by atoms with Crippen molar-refractivity contribution in [2.24, 2.45) is 5.73 Å². The summed E-state index contributed by atoms with van der Waals surface area (Å²) in [6.45, 7) is 5.15. The SMILES string of the molecule is CCc1c2c(nc3ccc(OC)cc13)-c1cc(C(O)(CC)C(=O)NCCN)c(COC(C)=O)c(=O)n1C2. The lowest BCUT2D eigenvalue weighted by Gasteiger charge is -2.28. The zero-order valence-corrected chi connectivity index (χ0v) is 21.5. The molecule has 37 heavy (non-hydrogen) atoms. The number of carbonyl (C=O) groups is 2. The molecule has 0 saturated heterocycles. The van der Waals surface area contributed by atoms with Gasteiger partial charge in [-0.15, -0.1) is 0 Å². The fourth-order valence-electron chi connectivity index (χ4n) is 4.95. The van der Waals surface area contributed by atoms with Crippen LogP contribution in [0.15, 0.2) is 29.1 Å². The molecule has 0 saturated carbocycles. The van der Waals surface area contributed by atoms with Crippen molar-refractivity contribution in [3.63, 3.8) is 0 Å². The van der Waals surface area contributed by atoms with Crippen molar-refractivity contribution in [3.05, 3.63) is 56.9 Å². The molecule has 2 aromatic heterocycles. The number of carbonyl (C=O) groups excluding carboxylic acids is 2. The number of pyridine rings is 2. The topological polar surface area (TPSA) is 146 Å². The lowest BCUT2D eigenvalue weighted by Crippen LogP contribution is -2.47. The molecule has 3 aromatic rings. The summed E-state index contributed by atoms with van der Waals surface area (Å²) in [6.07, 6.45) is 0.683. The van der Waals surface area contributed by atoms with E-state index in [2.05, 4.69) is 5.32 Å². The second-order valence-electron chi connectivity index (χ2n) is 9.01. The highest BCUT2D eigenvalue weighted by Gasteiger charge is 2.41. The molecule has 10 nitrogen and oxygen atoms in total. The van der Waals surface area contributed by atoms with Crippen molar-refractivity contribution < 1.29 is 24.2 Å². The zero-order valence-electron chi connectivity index (χ0n) is 21.5. The Labute approximate surface area is 214 Å². The monoisotopic (exact) mass is 508 g/mol. The van der Waals surface area contributed by atoms with Crippen LogP contribution in [0, 0.1) is 0 Å². The van der Waals surface area contributed by atoms with Gasteiger partial charge in [-0.2, -0.15) is 0 Å². The van der Waals surface area contributed by atoms with Gasteiger partial charge in [0.1, 0.15) is 12.4 Å². The molecule has 4 N–H and O–H groups in total. The zero-order chi connectivity index (χ0) is 26.9. The molecule has 1 aliphatic rings. The van der Waals surface area contributed by atoms with E-state index in [9.17, 15) is 19.5 Å². The van der Waals surface area contributed by atoms with Gasteiger partial charge in [0.05, 0.1) is 36.1 Å². The molecule has 0 fully saturated rings. The number of hydrogen-bond donors (Lipinski definition) is 3. The van der Waals surface area contributed by atoms with Crippen LogP contribution in [0.1, 0.15) is 49.4 Å². The molecule has 10 heteroatoms. The minimum atomic E-state index is -2.04. The van der Waals surface area contributed by atoms with Crippen LogP contribution >= 0.6 is 0 Å². The molecule has 196 valence electrons. The van der Waals surface area contributed by atoms with Gasteiger partial charge in [-0.25, -0.2) is 4.98 Å². The van der Waals surface area contributed by atoms with Crippen LogP contribution < -0.4 is 21.3 Å². The number of amides is 1. The van der Waals surface area contributed by atoms with Crippen molar-refractivity contribution in [2.45, 2.75) is 52.4 Å². The number of esters is 1. The van der Waals surface area contributed by atoms with E-state index >= 15 is 0 Å². The number of nitrogens with two attached hydrogens (primary N) is 1. The number of aliphatic hydroxyl groups is 1. The maximum Gasteiger partial charge on any atom is 0.302 e. The van der Waals surface area contributed by atoms with E-state index in [0.29, 0.717) is 23.6 Å². The fraction of sp³-hybridized carbons (Fsp3) is 0.407. The lowest BCUT2D eigenvalue weighted by molar-refractivity contribution is -0.142. The van der Waals surface area contributed by atoms with E-state index in [-0.39, 0.29) is 43.8 Å². The van der Waals surface area contributed by atoms with Crippen molar-refractivity contribution >= 4 is 22.8 Å². The molecule has 0 spiro atoms. The first kappa shape index (κ1) is 26.3. The van der Waals surface area contributed by atoms with Crippen LogP contribution in [0.5, 0.6) is 5.75 Å². The third-order valence-corrected chi connectivity index (χ3v) is 6.91. The summed E-state index contributed by atoms with van der Waals surface area (Å²) in [5.41, 5.74) is 6.96. The number of aromatic nitrogens is 2. The van der Waals surface area contributed by atoms with Crippen LogP contribution in [0.3, 0.4) is 0 Å². The first-order valence-corrected chi connectivity index (χ1v) is 12.3. The summed E-state index contributed by atoms with van der Waals surface area (Å²) in [5.74, 6) is -0.555. The average molecular weight is 509 g/mol. The number of aryl methyl sites for hydroxylation is 1. The van der Waals surface area contributed by atoms with Crippen molar-refractivity contribution in [2.75, 3.05) is 20.2 Å². The largest absolute Gasteiger partial charge is 0.497 e. The van der Waals surface area contributed by atoms with Gasteiger partial charge >= 0.3 is 5.97 Å². The maximum atomic E-state index is 13.8. The normalized spacial score (nSPS) is 13.6. The Balaban J connectivity index is 1.99. The summed E-state index contributed by atoms with van der Waals surface area (Å²) in [7, 11) is 1.60. The van der Waals surface area contributed by atoms with Gasteiger partial charge in [-0.3, -0.25) is 14.4 Å². The molecule has 1 atom stereocenters. The van der Waals surface area contributed by atoms with Crippen LogP contribution in [0.4, 0.5) is 0 Å². The highest BCUT2D eigenvalue weighted by molar-refractivity contribution is 5.90. The second-order valence-corrected chi connectivity index (χ2v) is 9.01. The van der Waals surface area contributed by atoms with E-state index in [1.165, 1.54) is 6.92 Å². The maximum absolute atomic E-state index is 13.8. The predicted molar refractivity (Wildman–Crippen MR) is 138 cm³/mol. The van der Waals surface area contributed by atoms with E-state index < -0.39 is 23.0 Å². The lowest BCUT2D eigenvalue weighted by atomic mass is 9.86. The van der Waals surface area contributed by atoms with E-state index in [4.69, 9.17) is 20.2 Å². The average Bonchev–Trinajstić information content (AvgIpc) is 3.27. The first-order chi connectivity index (χ1) is 17.7. The number of hydrogen-bond acceptors (Lipinski definition) is 8. The minimum absolute atomic E-state index is 0.0165. The van der Waals surface area contributed by atoms with E-state index in [1.807, 2.05) is 25.1 Å². The van der Waals surface area contributed by atoms with Crippen molar-refractivity contribution in [3.8, 4) is 17.1 Å². The smallest absolute Gasteiger partial charge is 0.302 e. The molecule has 1 amide bonds. The minimum Gasteiger partial charge on any atom is -0.497 e. The Kier molecular flexibility index (Phi) is 7.33. The molecule has 1 aliphatic heterocycles. The van der Waals surface area contributed by atoms with Gasteiger partial charge in [0, 0.05) is 36.5 Å². The van der Waals surface area contributed by atoms with E-state index in [1.54, 1.807) is 24.7 Å². The van der Waals surface area contributed by atoms with Crippen LogP contribution in [-0.2, 0) is 39.5 Å². The Hall–Kier alpha value is -3.76. The molecule has 0 radical (unpaired) electrons. The van der Waals surface area contributed by atoms with Gasteiger partial charge < -0.3 is 30.2 Å². The Morgan fingerprint density at radius 3 is 2.62 bits per heavy atom. The third kappa shape index (κ3) is 4.47. The molecular weight excluding hydrogens is 476 g/mol. The molecule has 0 bridgehead atoms. The number of benzene rings is 1. The number of nitrogens with one attached hydrogen (secondary N) is 1. The molecular formula is C27H32N4O6. The highest BCUT2D eigenvalue weighted by Crippen LogP contribution is 2.39. The van der Waals surface area contributed by atoms with Crippen LogP contribution in [0.25, 0.3) is 22.3 Å². The number of methoxy groups -OCH3 is 1. The Morgan fingerprint density at radius 2 is 2.00 bits per heavy atom. The number of fused-ring (bicyclic) bond motifs is 4. The van der Waals surface area contributed by atoms with Gasteiger partial charge in [0.25, 0.3) is 11.5 Å². The second kappa shape index (κ2) is 10.3. The number of ether oxygens (including phenoxy) is 2. The summed E-state index contributed by atoms with van der Waals surface area (Å²) in [5, 5.41) is 15.1. The quantitative estimate of drug-likeness (QED) is 0.290. The van der Waals surface area contributed by atoms with Crippen molar-refractivity contribution in [1.29, 1.82) is 0 Å². The summed E-state index contributed by atoms with van der Waals surface area (Å²) in [4.78, 5) is 43.4. The standard InChI is InChI=1S/C27H32N4O6/c1-5-17-18-11-16(36-4)7-8-22(18)30-24-19(17)13-31-23(24)12-21(20(25(31)33)14-37-15(3)32)27(35,6-2)26(34)29-10-9-28/h7-8,11-12,35H,5-6,9-10,13-14,28H2,1-4H3,(H,29,34). The number of rotatable bonds is 9. The molecule has 4 rings (SSSR count). The van der Waals surface area contributed by atoms with Gasteiger partial charge in [0.2, 0.25) is 0 Å². The van der Waals surface area contributed by atoms with Gasteiger partial charge in [-0.05, 0) is 42.7 Å². The highest BCUT2D eigenvalue weighted by atomic mass is 16.5. The van der Waals surface area contributed by atoms with Gasteiger partial charge in [0.15, 0.2) is 5.60 Å². The van der Waals surface area contributed by atoms with Crippen LogP contribution in [0.2, 0.25) is 0 Å². The first-order valence-electron chi connectivity index (χ1n) is 12.3. The molecule has 1 unspecified atom stereocenters. The predicted octanol–water partition coefficient (Wildman–Crippen LogP) is 1.73.